The second kappa shape index (κ2) is 8.60. The number of nitrogens with zero attached hydrogens (tertiary/aromatic N) is 1. The zero-order valence-corrected chi connectivity index (χ0v) is 18.6. The van der Waals surface area contributed by atoms with Gasteiger partial charge >= 0.3 is 0 Å². The van der Waals surface area contributed by atoms with Crippen LogP contribution in [-0.4, -0.2) is 73.5 Å². The van der Waals surface area contributed by atoms with Crippen LogP contribution in [0.3, 0.4) is 0 Å². The van der Waals surface area contributed by atoms with E-state index in [0.29, 0.717) is 11.5 Å². The predicted molar refractivity (Wildman–Crippen MR) is 116 cm³/mol. The Bertz CT molecular complexity index is 1090. The molecule has 4 rings (SSSR count). The number of furan rings is 1. The SMILES string of the molecule is Cc1ccc(C(NC2C(=O)C(=O)C2Nc2cccc(C(=O)N(C)C)c2O)C2(CF)COC2)o1. The summed E-state index contributed by atoms with van der Waals surface area (Å²) in [5.41, 5.74) is -0.731. The number of nitrogens with one attached hydrogen (secondary N) is 2. The van der Waals surface area contributed by atoms with E-state index < -0.39 is 47.7 Å². The molecule has 2 heterocycles. The van der Waals surface area contributed by atoms with Crippen molar-refractivity contribution in [3.8, 4) is 5.75 Å². The smallest absolute Gasteiger partial charge is 0.257 e. The number of phenolic OH excluding ortho intramolecular Hbond substituents is 1. The first-order valence-electron chi connectivity index (χ1n) is 10.5. The normalized spacial score (nSPS) is 22.3. The lowest BCUT2D eigenvalue weighted by Crippen LogP contribution is -2.69. The Morgan fingerprint density at radius 1 is 1.21 bits per heavy atom. The topological polar surface area (TPSA) is 121 Å². The fourth-order valence-corrected chi connectivity index (χ4v) is 4.11. The average Bonchev–Trinajstić information content (AvgIpc) is 3.20. The number of para-hydroxylation sites is 1. The fraction of sp³-hybridized carbons (Fsp3) is 0.435. The molecule has 1 saturated heterocycles. The first-order chi connectivity index (χ1) is 15.7. The molecule has 2 aliphatic rings. The van der Waals surface area contributed by atoms with Crippen molar-refractivity contribution in [2.75, 3.05) is 39.3 Å². The number of Topliss-reactive ketones (excluding diaryl/α,β-unsaturated/α-hetero) is 2. The van der Waals surface area contributed by atoms with Crippen LogP contribution in [0.15, 0.2) is 34.7 Å². The van der Waals surface area contributed by atoms with Gasteiger partial charge in [-0.25, -0.2) is 0 Å². The number of phenols is 1. The molecule has 1 aliphatic carbocycles. The summed E-state index contributed by atoms with van der Waals surface area (Å²) in [5.74, 6) is -0.998. The maximum absolute atomic E-state index is 14.1. The summed E-state index contributed by atoms with van der Waals surface area (Å²) in [6.45, 7) is 1.34. The molecular formula is C23H26FN3O6. The van der Waals surface area contributed by atoms with Crippen molar-refractivity contribution in [1.29, 1.82) is 0 Å². The highest BCUT2D eigenvalue weighted by atomic mass is 19.1. The summed E-state index contributed by atoms with van der Waals surface area (Å²) < 4.78 is 25.0. The first kappa shape index (κ1) is 22.9. The Hall–Kier alpha value is -3.24. The van der Waals surface area contributed by atoms with E-state index in [1.54, 1.807) is 39.2 Å². The molecule has 9 nitrogen and oxygen atoms in total. The third-order valence-corrected chi connectivity index (χ3v) is 6.17. The van der Waals surface area contributed by atoms with Gasteiger partial charge in [-0.05, 0) is 31.2 Å². The highest BCUT2D eigenvalue weighted by Crippen LogP contribution is 2.43. The average molecular weight is 459 g/mol. The van der Waals surface area contributed by atoms with E-state index in [4.69, 9.17) is 9.15 Å². The lowest BCUT2D eigenvalue weighted by molar-refractivity contribution is -0.156. The Balaban J connectivity index is 1.59. The van der Waals surface area contributed by atoms with E-state index in [1.807, 2.05) is 0 Å². The van der Waals surface area contributed by atoms with Gasteiger partial charge in [0.15, 0.2) is 5.75 Å². The lowest BCUT2D eigenvalue weighted by atomic mass is 9.75. The van der Waals surface area contributed by atoms with Gasteiger partial charge in [0.1, 0.15) is 30.3 Å². The molecule has 3 unspecified atom stereocenters. The Morgan fingerprint density at radius 2 is 1.91 bits per heavy atom. The number of aromatic hydroxyl groups is 1. The van der Waals surface area contributed by atoms with Crippen LogP contribution in [0.25, 0.3) is 0 Å². The van der Waals surface area contributed by atoms with Crippen molar-refractivity contribution in [3.05, 3.63) is 47.4 Å². The summed E-state index contributed by atoms with van der Waals surface area (Å²) in [4.78, 5) is 38.5. The van der Waals surface area contributed by atoms with Crippen molar-refractivity contribution in [3.63, 3.8) is 0 Å². The number of ether oxygens (including phenoxy) is 1. The Morgan fingerprint density at radius 3 is 2.45 bits per heavy atom. The molecule has 1 aromatic carbocycles. The van der Waals surface area contributed by atoms with E-state index in [0.717, 1.165) is 0 Å². The van der Waals surface area contributed by atoms with Crippen molar-refractivity contribution in [2.24, 2.45) is 5.41 Å². The zero-order chi connectivity index (χ0) is 23.9. The number of anilines is 1. The van der Waals surface area contributed by atoms with Gasteiger partial charge < -0.3 is 24.5 Å². The van der Waals surface area contributed by atoms with Crippen LogP contribution >= 0.6 is 0 Å². The number of ketones is 2. The van der Waals surface area contributed by atoms with Gasteiger partial charge in [-0.15, -0.1) is 0 Å². The minimum atomic E-state index is -1.01. The van der Waals surface area contributed by atoms with E-state index in [2.05, 4.69) is 10.6 Å². The number of hydrogen-bond donors (Lipinski definition) is 3. The van der Waals surface area contributed by atoms with Gasteiger partial charge in [-0.2, -0.15) is 0 Å². The number of benzene rings is 1. The van der Waals surface area contributed by atoms with Gasteiger partial charge in [-0.1, -0.05) is 6.07 Å². The summed E-state index contributed by atoms with van der Waals surface area (Å²) in [6, 6.07) is 5.28. The van der Waals surface area contributed by atoms with Crippen LogP contribution in [0.5, 0.6) is 5.75 Å². The number of carbonyl (C=O) groups excluding carboxylic acids is 3. The van der Waals surface area contributed by atoms with E-state index in [1.165, 1.54) is 17.0 Å². The first-order valence-corrected chi connectivity index (χ1v) is 10.5. The number of halogens is 1. The zero-order valence-electron chi connectivity index (χ0n) is 18.6. The summed E-state index contributed by atoms with van der Waals surface area (Å²) >= 11 is 0. The van der Waals surface area contributed by atoms with E-state index in [9.17, 15) is 23.9 Å². The van der Waals surface area contributed by atoms with Crippen LogP contribution < -0.4 is 10.6 Å². The summed E-state index contributed by atoms with van der Waals surface area (Å²) in [7, 11) is 3.11. The molecule has 1 amide bonds. The highest BCUT2D eigenvalue weighted by Gasteiger charge is 2.55. The number of rotatable bonds is 8. The molecule has 3 N–H and O–H groups in total. The molecule has 10 heteroatoms. The second-order valence-corrected chi connectivity index (χ2v) is 8.77. The molecule has 2 fully saturated rings. The van der Waals surface area contributed by atoms with Gasteiger partial charge in [0.25, 0.3) is 5.91 Å². The fourth-order valence-electron chi connectivity index (χ4n) is 4.11. The molecular weight excluding hydrogens is 433 g/mol. The largest absolute Gasteiger partial charge is 0.505 e. The minimum Gasteiger partial charge on any atom is -0.505 e. The molecule has 0 bridgehead atoms. The van der Waals surface area contributed by atoms with Crippen LogP contribution in [0.4, 0.5) is 10.1 Å². The van der Waals surface area contributed by atoms with Crippen LogP contribution in [0.2, 0.25) is 0 Å². The summed E-state index contributed by atoms with van der Waals surface area (Å²) in [6.07, 6.45) is 0. The monoisotopic (exact) mass is 459 g/mol. The molecule has 176 valence electrons. The number of alkyl halides is 1. The van der Waals surface area contributed by atoms with Crippen molar-refractivity contribution in [1.82, 2.24) is 10.2 Å². The predicted octanol–water partition coefficient (Wildman–Crippen LogP) is 1.61. The summed E-state index contributed by atoms with van der Waals surface area (Å²) in [5, 5.41) is 16.6. The number of amides is 1. The molecule has 2 aromatic rings. The third-order valence-electron chi connectivity index (χ3n) is 6.17. The Kier molecular flexibility index (Phi) is 5.98. The second-order valence-electron chi connectivity index (χ2n) is 8.77. The highest BCUT2D eigenvalue weighted by molar-refractivity contribution is 6.49. The molecule has 1 aliphatic heterocycles. The number of aryl methyl sites for hydroxylation is 1. The van der Waals surface area contributed by atoms with Gasteiger partial charge in [0, 0.05) is 14.1 Å². The van der Waals surface area contributed by atoms with Crippen molar-refractivity contribution in [2.45, 2.75) is 25.0 Å². The molecule has 0 radical (unpaired) electrons. The van der Waals surface area contributed by atoms with Gasteiger partial charge in [0.2, 0.25) is 11.6 Å². The molecule has 33 heavy (non-hydrogen) atoms. The van der Waals surface area contributed by atoms with Gasteiger partial charge in [-0.3, -0.25) is 24.1 Å². The Labute approximate surface area is 189 Å². The number of hydrogen-bond acceptors (Lipinski definition) is 8. The third kappa shape index (κ3) is 3.89. The molecule has 0 spiro atoms. The van der Waals surface area contributed by atoms with E-state index >= 15 is 0 Å². The van der Waals surface area contributed by atoms with Crippen LogP contribution in [0, 0.1) is 12.3 Å². The van der Waals surface area contributed by atoms with Crippen molar-refractivity contribution >= 4 is 23.2 Å². The maximum Gasteiger partial charge on any atom is 0.257 e. The quantitative estimate of drug-likeness (QED) is 0.402. The minimum absolute atomic E-state index is 0.0551. The van der Waals surface area contributed by atoms with Crippen LogP contribution in [-0.2, 0) is 14.3 Å². The standard InChI is InChI=1S/C23H26FN3O6/c1-12-7-8-15(33-12)21(23(9-24)10-32-11-23)26-17-16(19(29)20(17)30)25-14-6-4-5-13(18(14)28)22(31)27(2)3/h4-8,16-17,21,25-26,28H,9-11H2,1-3H3. The van der Waals surface area contributed by atoms with Crippen LogP contribution in [0.1, 0.15) is 27.9 Å². The lowest BCUT2D eigenvalue weighted by Gasteiger charge is -2.47. The van der Waals surface area contributed by atoms with Gasteiger partial charge in [0.05, 0.1) is 35.9 Å². The van der Waals surface area contributed by atoms with Crippen molar-refractivity contribution < 1.29 is 33.0 Å². The van der Waals surface area contributed by atoms with E-state index in [-0.39, 0.29) is 30.2 Å². The molecule has 1 saturated carbocycles. The molecule has 1 aromatic heterocycles. The number of carbonyl (C=O) groups is 3. The maximum atomic E-state index is 14.1. The molecule has 3 atom stereocenters.